The highest BCUT2D eigenvalue weighted by Crippen LogP contribution is 2.34. The maximum Gasteiger partial charge on any atom is 0.409 e. The monoisotopic (exact) mass is 376 g/mol. The van der Waals surface area contributed by atoms with Gasteiger partial charge in [0.25, 0.3) is 5.91 Å². The normalized spacial score (nSPS) is 15.6. The van der Waals surface area contributed by atoms with Crippen molar-refractivity contribution in [3.05, 3.63) is 59.7 Å². The predicted molar refractivity (Wildman–Crippen MR) is 99.1 cm³/mol. The highest BCUT2D eigenvalue weighted by atomic mass is 19.4. The number of amides is 1. The van der Waals surface area contributed by atoms with Gasteiger partial charge in [0.2, 0.25) is 0 Å². The molecule has 1 amide bonds. The third-order valence-corrected chi connectivity index (χ3v) is 3.97. The fraction of sp³-hybridized carbons (Fsp3) is 0.250. The first-order chi connectivity index (χ1) is 12.6. The van der Waals surface area contributed by atoms with Crippen LogP contribution in [-0.4, -0.2) is 24.2 Å². The van der Waals surface area contributed by atoms with Gasteiger partial charge in [-0.2, -0.15) is 13.2 Å². The summed E-state index contributed by atoms with van der Waals surface area (Å²) >= 11 is 0. The number of benzene rings is 2. The Hall–Kier alpha value is -2.96. The van der Waals surface area contributed by atoms with Crippen LogP contribution >= 0.6 is 0 Å². The number of carbonyl (C=O) groups is 1. The number of ether oxygens (including phenoxy) is 1. The Morgan fingerprint density at radius 2 is 1.89 bits per heavy atom. The van der Waals surface area contributed by atoms with E-state index in [1.165, 1.54) is 24.3 Å². The number of carbonyl (C=O) groups excluding carboxylic acids is 1. The van der Waals surface area contributed by atoms with Crippen molar-refractivity contribution in [1.82, 2.24) is 0 Å². The van der Waals surface area contributed by atoms with Crippen LogP contribution in [0.15, 0.2) is 48.5 Å². The number of nitrogens with one attached hydrogen (secondary N) is 2. The van der Waals surface area contributed by atoms with E-state index in [2.05, 4.69) is 10.6 Å². The summed E-state index contributed by atoms with van der Waals surface area (Å²) in [6.45, 7) is 4.60. The van der Waals surface area contributed by atoms with E-state index in [1.807, 2.05) is 13.8 Å². The van der Waals surface area contributed by atoms with Crippen LogP contribution in [0, 0.1) is 0 Å². The number of halogens is 3. The number of anilines is 2. The minimum Gasteiger partial charge on any atom is -0.484 e. The summed E-state index contributed by atoms with van der Waals surface area (Å²) in [4.78, 5) is 12.4. The molecule has 1 heterocycles. The van der Waals surface area contributed by atoms with Gasteiger partial charge in [-0.1, -0.05) is 18.2 Å². The average Bonchev–Trinajstić information content (AvgIpc) is 2.59. The Morgan fingerprint density at radius 1 is 1.19 bits per heavy atom. The molecule has 0 aliphatic carbocycles. The van der Waals surface area contributed by atoms with Crippen LogP contribution < -0.4 is 15.4 Å². The Kier molecular flexibility index (Phi) is 4.87. The number of hydrogen-bond donors (Lipinski definition) is 2. The van der Waals surface area contributed by atoms with Gasteiger partial charge in [0.1, 0.15) is 11.4 Å². The van der Waals surface area contributed by atoms with Crippen LogP contribution in [0.4, 0.5) is 24.5 Å². The lowest BCUT2D eigenvalue weighted by Gasteiger charge is -2.33. The van der Waals surface area contributed by atoms with E-state index in [-0.39, 0.29) is 17.6 Å². The molecular formula is C20H19F3N2O2. The fourth-order valence-electron chi connectivity index (χ4n) is 2.62. The quantitative estimate of drug-likeness (QED) is 0.784. The molecule has 2 N–H and O–H groups in total. The van der Waals surface area contributed by atoms with Crippen molar-refractivity contribution in [2.24, 2.45) is 0 Å². The third kappa shape index (κ3) is 5.03. The summed E-state index contributed by atoms with van der Waals surface area (Å²) in [6.07, 6.45) is -3.25. The van der Waals surface area contributed by atoms with Crippen molar-refractivity contribution < 1.29 is 22.7 Å². The fourth-order valence-corrected chi connectivity index (χ4v) is 2.62. The summed E-state index contributed by atoms with van der Waals surface area (Å²) in [5.74, 6) is 0.364. The summed E-state index contributed by atoms with van der Waals surface area (Å²) in [7, 11) is 0. The van der Waals surface area contributed by atoms with Crippen LogP contribution in [0.1, 0.15) is 29.8 Å². The molecule has 4 nitrogen and oxygen atoms in total. The van der Waals surface area contributed by atoms with Crippen LogP contribution in [0.5, 0.6) is 5.75 Å². The predicted octanol–water partition coefficient (Wildman–Crippen LogP) is 5.10. The van der Waals surface area contributed by atoms with Crippen molar-refractivity contribution >= 4 is 23.4 Å². The Morgan fingerprint density at radius 3 is 2.56 bits per heavy atom. The number of fused-ring (bicyclic) bond motifs is 1. The maximum absolute atomic E-state index is 12.4. The van der Waals surface area contributed by atoms with Crippen LogP contribution in [0.2, 0.25) is 0 Å². The van der Waals surface area contributed by atoms with Gasteiger partial charge in [-0.05, 0) is 49.7 Å². The molecule has 0 saturated carbocycles. The van der Waals surface area contributed by atoms with Gasteiger partial charge in [-0.25, -0.2) is 0 Å². The van der Waals surface area contributed by atoms with Crippen LogP contribution in [0.3, 0.4) is 0 Å². The molecular weight excluding hydrogens is 357 g/mol. The second-order valence-electron chi connectivity index (χ2n) is 6.88. The lowest BCUT2D eigenvalue weighted by molar-refractivity contribution is -0.0790. The molecule has 0 fully saturated rings. The van der Waals surface area contributed by atoms with Gasteiger partial charge in [-0.15, -0.1) is 0 Å². The molecule has 2 aromatic rings. The van der Waals surface area contributed by atoms with Gasteiger partial charge in [0, 0.05) is 17.3 Å². The zero-order valence-electron chi connectivity index (χ0n) is 14.9. The maximum atomic E-state index is 12.4. The highest BCUT2D eigenvalue weighted by Gasteiger charge is 2.26. The molecule has 0 radical (unpaired) electrons. The molecule has 7 heteroatoms. The Balaban J connectivity index is 1.68. The third-order valence-electron chi connectivity index (χ3n) is 3.97. The molecule has 27 heavy (non-hydrogen) atoms. The van der Waals surface area contributed by atoms with Gasteiger partial charge in [0.05, 0.1) is 12.2 Å². The Labute approximate surface area is 155 Å². The first kappa shape index (κ1) is 18.8. The summed E-state index contributed by atoms with van der Waals surface area (Å²) in [5.41, 5.74) is 1.79. The molecule has 1 aliphatic heterocycles. The molecule has 0 aromatic heterocycles. The average molecular weight is 376 g/mol. The molecule has 1 aliphatic rings. The van der Waals surface area contributed by atoms with Gasteiger partial charge in [0.15, 0.2) is 0 Å². The van der Waals surface area contributed by atoms with Gasteiger partial charge >= 0.3 is 6.18 Å². The molecule has 0 unspecified atom stereocenters. The zero-order chi connectivity index (χ0) is 19.7. The van der Waals surface area contributed by atoms with Crippen molar-refractivity contribution in [2.45, 2.75) is 25.6 Å². The summed E-state index contributed by atoms with van der Waals surface area (Å²) in [6, 6.07) is 11.2. The van der Waals surface area contributed by atoms with E-state index < -0.39 is 6.18 Å². The first-order valence-electron chi connectivity index (χ1n) is 8.36. The summed E-state index contributed by atoms with van der Waals surface area (Å²) < 4.78 is 42.4. The molecule has 0 atom stereocenters. The zero-order valence-corrected chi connectivity index (χ0v) is 14.9. The van der Waals surface area contributed by atoms with E-state index in [4.69, 9.17) is 4.74 Å². The molecule has 142 valence electrons. The van der Waals surface area contributed by atoms with E-state index in [0.717, 1.165) is 11.8 Å². The van der Waals surface area contributed by atoms with E-state index in [9.17, 15) is 18.0 Å². The first-order valence-corrected chi connectivity index (χ1v) is 8.36. The van der Waals surface area contributed by atoms with Crippen molar-refractivity contribution in [3.63, 3.8) is 0 Å². The smallest absolute Gasteiger partial charge is 0.409 e. The van der Waals surface area contributed by atoms with Gasteiger partial charge < -0.3 is 15.4 Å². The lowest BCUT2D eigenvalue weighted by atomic mass is 10.1. The second kappa shape index (κ2) is 6.98. The van der Waals surface area contributed by atoms with Crippen molar-refractivity contribution in [3.8, 4) is 5.75 Å². The van der Waals surface area contributed by atoms with E-state index >= 15 is 0 Å². The molecule has 0 bridgehead atoms. The van der Waals surface area contributed by atoms with Crippen LogP contribution in [-0.2, 0) is 0 Å². The number of alkyl halides is 3. The lowest BCUT2D eigenvalue weighted by Crippen LogP contribution is -2.40. The number of hydrogen-bond acceptors (Lipinski definition) is 3. The van der Waals surface area contributed by atoms with Crippen molar-refractivity contribution in [2.75, 3.05) is 17.2 Å². The van der Waals surface area contributed by atoms with Crippen molar-refractivity contribution in [1.29, 1.82) is 0 Å². The number of rotatable bonds is 3. The standard InChI is InChI=1S/C20H19F3N2O2/c1-19(2)12-24-16-11-15(7-8-17(16)27-19)25-18(26)14-5-3-13(4-6-14)9-10-20(21,22)23/h3-11,24H,12H2,1-2H3,(H,25,26). The molecule has 2 aromatic carbocycles. The van der Waals surface area contributed by atoms with E-state index in [0.29, 0.717) is 29.1 Å². The minimum atomic E-state index is -4.37. The SMILES string of the molecule is CC1(C)CNc2cc(NC(=O)c3ccc(C=CC(F)(F)F)cc3)ccc2O1. The molecule has 3 rings (SSSR count). The molecule has 0 saturated heterocycles. The molecule has 0 spiro atoms. The van der Waals surface area contributed by atoms with E-state index in [1.54, 1.807) is 18.2 Å². The largest absolute Gasteiger partial charge is 0.484 e. The summed E-state index contributed by atoms with van der Waals surface area (Å²) in [5, 5.41) is 6.04. The highest BCUT2D eigenvalue weighted by molar-refractivity contribution is 6.04. The second-order valence-corrected chi connectivity index (χ2v) is 6.88. The topological polar surface area (TPSA) is 50.4 Å². The minimum absolute atomic E-state index is 0.158. The van der Waals surface area contributed by atoms with Crippen LogP contribution in [0.25, 0.3) is 6.08 Å². The number of allylic oxidation sites excluding steroid dienone is 1. The van der Waals surface area contributed by atoms with Gasteiger partial charge in [-0.3, -0.25) is 4.79 Å². The Bertz CT molecular complexity index is 872.